The first-order chi connectivity index (χ1) is 19.1. The Labute approximate surface area is 240 Å². The monoisotopic (exact) mass is 631 g/mol. The van der Waals surface area contributed by atoms with E-state index in [1.807, 2.05) is 0 Å². The summed E-state index contributed by atoms with van der Waals surface area (Å²) in [5.41, 5.74) is -3.11. The van der Waals surface area contributed by atoms with E-state index in [0.717, 1.165) is 29.3 Å². The molecule has 1 aliphatic rings. The van der Waals surface area contributed by atoms with Crippen LogP contribution in [0.5, 0.6) is 0 Å². The number of pyridine rings is 1. The average Bonchev–Trinajstić information content (AvgIpc) is 3.46. The van der Waals surface area contributed by atoms with Crippen LogP contribution in [0.1, 0.15) is 32.8 Å². The lowest BCUT2D eigenvalue weighted by Gasteiger charge is -2.14. The Morgan fingerprint density at radius 2 is 1.68 bits per heavy atom. The molecule has 0 unspecified atom stereocenters. The van der Waals surface area contributed by atoms with E-state index in [1.54, 1.807) is 0 Å². The molecule has 2 amide bonds. The fraction of sp³-hybridized carbons (Fsp3) is 0.160. The summed E-state index contributed by atoms with van der Waals surface area (Å²) in [6, 6.07) is 5.23. The Morgan fingerprint density at radius 3 is 2.24 bits per heavy atom. The number of anilines is 1. The van der Waals surface area contributed by atoms with Crippen LogP contribution in [-0.2, 0) is 21.9 Å². The molecule has 0 atom stereocenters. The van der Waals surface area contributed by atoms with Crippen LogP contribution in [0.25, 0.3) is 17.2 Å². The number of aromatic carboxylic acids is 1. The Morgan fingerprint density at radius 1 is 1.02 bits per heavy atom. The third-order valence-electron chi connectivity index (χ3n) is 5.53. The second kappa shape index (κ2) is 11.6. The van der Waals surface area contributed by atoms with Crippen molar-refractivity contribution in [1.82, 2.24) is 9.88 Å². The van der Waals surface area contributed by atoms with E-state index < -0.39 is 41.3 Å². The van der Waals surface area contributed by atoms with Crippen molar-refractivity contribution < 1.29 is 45.8 Å². The molecular formula is C25H15F6N3O4S3. The van der Waals surface area contributed by atoms with Gasteiger partial charge in [0.15, 0.2) is 0 Å². The number of halogens is 6. The number of carbonyl (C=O) groups excluding carboxylic acids is 2. The topological polar surface area (TPSA) is 99.6 Å². The van der Waals surface area contributed by atoms with E-state index in [1.165, 1.54) is 34.6 Å². The summed E-state index contributed by atoms with van der Waals surface area (Å²) in [5, 5.41) is 12.7. The maximum atomic E-state index is 13.2. The van der Waals surface area contributed by atoms with Crippen molar-refractivity contribution >= 4 is 69.3 Å². The van der Waals surface area contributed by atoms with Crippen molar-refractivity contribution in [3.63, 3.8) is 0 Å². The molecule has 1 aliphatic heterocycles. The quantitative estimate of drug-likeness (QED) is 0.169. The Balaban J connectivity index is 1.45. The zero-order chi connectivity index (χ0) is 30.1. The molecule has 16 heteroatoms. The minimum Gasteiger partial charge on any atom is -0.478 e. The molecule has 1 fully saturated rings. The van der Waals surface area contributed by atoms with E-state index >= 15 is 0 Å². The molecule has 3 aromatic rings. The van der Waals surface area contributed by atoms with Gasteiger partial charge in [-0.25, -0.2) is 9.78 Å². The number of carboxylic acid groups (broad SMARTS) is 1. The maximum absolute atomic E-state index is 13.2. The lowest BCUT2D eigenvalue weighted by Crippen LogP contribution is -2.31. The minimum atomic E-state index is -4.98. The van der Waals surface area contributed by atoms with Crippen LogP contribution in [0.4, 0.5) is 32.2 Å². The molecule has 4 rings (SSSR count). The van der Waals surface area contributed by atoms with E-state index in [9.17, 15) is 40.7 Å². The number of aromatic nitrogens is 1. The summed E-state index contributed by atoms with van der Waals surface area (Å²) in [7, 11) is 0. The van der Waals surface area contributed by atoms with E-state index in [0.29, 0.717) is 17.0 Å². The van der Waals surface area contributed by atoms with Gasteiger partial charge in [0.2, 0.25) is 5.91 Å². The van der Waals surface area contributed by atoms with Crippen LogP contribution in [0.15, 0.2) is 52.9 Å². The van der Waals surface area contributed by atoms with Gasteiger partial charge in [-0.3, -0.25) is 14.5 Å². The SMILES string of the molecule is O=C(CCN1C(=O)C(=Cc2cc(-c3cc(C(F)(F)F)cc(C(F)(F)F)c3)cs2)SC1=S)Nc1ccc(C(=O)O)cn1. The van der Waals surface area contributed by atoms with Gasteiger partial charge in [0.1, 0.15) is 10.1 Å². The molecule has 2 aromatic heterocycles. The average molecular weight is 632 g/mol. The molecule has 0 saturated carbocycles. The predicted octanol–water partition coefficient (Wildman–Crippen LogP) is 6.78. The number of alkyl halides is 6. The third kappa shape index (κ3) is 7.31. The van der Waals surface area contributed by atoms with Gasteiger partial charge in [-0.2, -0.15) is 26.3 Å². The van der Waals surface area contributed by atoms with Gasteiger partial charge in [-0.15, -0.1) is 11.3 Å². The summed E-state index contributed by atoms with van der Waals surface area (Å²) in [6.07, 6.45) is -7.65. The number of thiophene rings is 1. The van der Waals surface area contributed by atoms with Crippen molar-refractivity contribution in [3.8, 4) is 11.1 Å². The van der Waals surface area contributed by atoms with Gasteiger partial charge in [-0.05, 0) is 59.0 Å². The molecule has 0 bridgehead atoms. The van der Waals surface area contributed by atoms with Crippen molar-refractivity contribution in [2.24, 2.45) is 0 Å². The van der Waals surface area contributed by atoms with Crippen LogP contribution < -0.4 is 5.32 Å². The highest BCUT2D eigenvalue weighted by atomic mass is 32.2. The highest BCUT2D eigenvalue weighted by Gasteiger charge is 2.37. The number of nitrogens with one attached hydrogen (secondary N) is 1. The lowest BCUT2D eigenvalue weighted by molar-refractivity contribution is -0.143. The first kappa shape index (κ1) is 30.2. The maximum Gasteiger partial charge on any atom is 0.416 e. The number of rotatable bonds is 7. The number of carbonyl (C=O) groups is 3. The molecule has 0 radical (unpaired) electrons. The van der Waals surface area contributed by atoms with Crippen LogP contribution in [0.2, 0.25) is 0 Å². The summed E-state index contributed by atoms with van der Waals surface area (Å²) in [4.78, 5) is 41.6. The standard InChI is InChI=1S/C25H15F6N3O4S3/c26-24(27,28)15-5-13(6-16(8-15)25(29,30)31)14-7-17(40-11-14)9-18-21(36)34(23(39)41-18)4-3-20(35)33-19-2-1-12(10-32-19)22(37)38/h1-2,5-11H,3-4H2,(H,37,38)(H,32,33,35). The van der Waals surface area contributed by atoms with Gasteiger partial charge < -0.3 is 10.4 Å². The number of nitrogens with zero attached hydrogens (tertiary/aromatic N) is 2. The molecule has 214 valence electrons. The molecular weight excluding hydrogens is 616 g/mol. The zero-order valence-corrected chi connectivity index (χ0v) is 22.6. The predicted molar refractivity (Wildman–Crippen MR) is 144 cm³/mol. The van der Waals surface area contributed by atoms with Crippen molar-refractivity contribution in [3.05, 3.63) is 74.4 Å². The molecule has 2 N–H and O–H groups in total. The molecule has 0 aliphatic carbocycles. The summed E-state index contributed by atoms with van der Waals surface area (Å²) in [5.74, 6) is -2.10. The fourth-order valence-electron chi connectivity index (χ4n) is 3.54. The Bertz CT molecular complexity index is 1530. The molecule has 3 heterocycles. The molecule has 0 spiro atoms. The van der Waals surface area contributed by atoms with Gasteiger partial charge in [0.25, 0.3) is 5.91 Å². The third-order valence-corrected chi connectivity index (χ3v) is 7.79. The highest BCUT2D eigenvalue weighted by Crippen LogP contribution is 2.40. The first-order valence-electron chi connectivity index (χ1n) is 11.2. The number of amides is 2. The Hall–Kier alpha value is -3.76. The second-order valence-corrected chi connectivity index (χ2v) is 11.0. The zero-order valence-electron chi connectivity index (χ0n) is 20.2. The second-order valence-electron chi connectivity index (χ2n) is 8.40. The Kier molecular flexibility index (Phi) is 8.56. The lowest BCUT2D eigenvalue weighted by atomic mass is 10.0. The van der Waals surface area contributed by atoms with E-state index in [-0.39, 0.29) is 50.8 Å². The minimum absolute atomic E-state index is 0.0496. The smallest absolute Gasteiger partial charge is 0.416 e. The van der Waals surface area contributed by atoms with Crippen LogP contribution in [-0.4, -0.2) is 43.6 Å². The number of hydrogen-bond donors (Lipinski definition) is 2. The normalized spacial score (nSPS) is 15.1. The summed E-state index contributed by atoms with van der Waals surface area (Å²) in [6.45, 7) is -0.0821. The van der Waals surface area contributed by atoms with Gasteiger partial charge in [0.05, 0.1) is 21.6 Å². The molecule has 1 saturated heterocycles. The number of thioether (sulfide) groups is 1. The molecule has 1 aromatic carbocycles. The van der Waals surface area contributed by atoms with Crippen molar-refractivity contribution in [2.45, 2.75) is 18.8 Å². The summed E-state index contributed by atoms with van der Waals surface area (Å²) >= 11 is 7.17. The van der Waals surface area contributed by atoms with Crippen LogP contribution >= 0.6 is 35.3 Å². The highest BCUT2D eigenvalue weighted by molar-refractivity contribution is 8.26. The van der Waals surface area contributed by atoms with Gasteiger partial charge in [-0.1, -0.05) is 24.0 Å². The largest absolute Gasteiger partial charge is 0.478 e. The number of benzene rings is 1. The summed E-state index contributed by atoms with van der Waals surface area (Å²) < 4.78 is 79.5. The number of thiocarbonyl (C=S) groups is 1. The van der Waals surface area contributed by atoms with Crippen LogP contribution in [0.3, 0.4) is 0 Å². The number of carboxylic acids is 1. The molecule has 41 heavy (non-hydrogen) atoms. The first-order valence-corrected chi connectivity index (χ1v) is 13.4. The van der Waals surface area contributed by atoms with E-state index in [4.69, 9.17) is 17.3 Å². The molecule has 7 nitrogen and oxygen atoms in total. The van der Waals surface area contributed by atoms with Gasteiger partial charge >= 0.3 is 18.3 Å². The number of hydrogen-bond acceptors (Lipinski definition) is 7. The fourth-order valence-corrected chi connectivity index (χ4v) is 5.76. The van der Waals surface area contributed by atoms with Gasteiger partial charge in [0, 0.05) is 24.0 Å². The van der Waals surface area contributed by atoms with Crippen molar-refractivity contribution in [1.29, 1.82) is 0 Å². The van der Waals surface area contributed by atoms with Crippen LogP contribution in [0, 0.1) is 0 Å². The van der Waals surface area contributed by atoms with Crippen molar-refractivity contribution in [2.75, 3.05) is 11.9 Å². The van der Waals surface area contributed by atoms with E-state index in [2.05, 4.69) is 10.3 Å².